The van der Waals surface area contributed by atoms with Gasteiger partial charge in [0.2, 0.25) is 0 Å². The Bertz CT molecular complexity index is 698. The molecule has 1 atom stereocenters. The van der Waals surface area contributed by atoms with Crippen LogP contribution >= 0.6 is 11.6 Å². The third-order valence-electron chi connectivity index (χ3n) is 5.63. The third kappa shape index (κ3) is 3.68. The summed E-state index contributed by atoms with van der Waals surface area (Å²) >= 11 is 6.05. The largest absolute Gasteiger partial charge is 0.441 e. The Labute approximate surface area is 160 Å². The average Bonchev–Trinajstić information content (AvgIpc) is 2.93. The first-order valence-corrected chi connectivity index (χ1v) is 9.78. The number of halogens is 1. The van der Waals surface area contributed by atoms with Gasteiger partial charge in [-0.3, -0.25) is 4.79 Å². The first-order chi connectivity index (χ1) is 12.3. The normalized spacial score (nSPS) is 20.4. The number of ether oxygens (including phenoxy) is 1. The van der Waals surface area contributed by atoms with Crippen LogP contribution in [0.5, 0.6) is 0 Å². The van der Waals surface area contributed by atoms with E-state index in [1.807, 2.05) is 22.8 Å². The summed E-state index contributed by atoms with van der Waals surface area (Å²) in [6, 6.07) is 5.59. The van der Waals surface area contributed by atoms with Crippen LogP contribution < -0.4 is 0 Å². The quantitative estimate of drug-likeness (QED) is 0.786. The molecule has 26 heavy (non-hydrogen) atoms. The molecule has 0 aromatic heterocycles. The summed E-state index contributed by atoms with van der Waals surface area (Å²) in [4.78, 5) is 28.8. The van der Waals surface area contributed by atoms with Gasteiger partial charge in [0.25, 0.3) is 5.91 Å². The number of carbonyl (C=O) groups excluding carboxylic acids is 2. The molecule has 2 saturated heterocycles. The van der Waals surface area contributed by atoms with Crippen molar-refractivity contribution in [3.05, 3.63) is 34.3 Å². The molecule has 5 nitrogen and oxygen atoms in total. The van der Waals surface area contributed by atoms with Crippen molar-refractivity contribution in [1.29, 1.82) is 0 Å². The molecule has 1 aromatic rings. The Hall–Kier alpha value is -1.75. The van der Waals surface area contributed by atoms with Crippen LogP contribution in [0.2, 0.25) is 5.02 Å². The summed E-state index contributed by atoms with van der Waals surface area (Å²) in [5.74, 6) is 0.000352. The van der Waals surface area contributed by atoms with E-state index in [4.69, 9.17) is 16.3 Å². The van der Waals surface area contributed by atoms with Gasteiger partial charge in [-0.15, -0.1) is 0 Å². The number of amides is 2. The highest BCUT2D eigenvalue weighted by molar-refractivity contribution is 6.31. The van der Waals surface area contributed by atoms with Crippen LogP contribution in [-0.2, 0) is 4.74 Å². The maximum absolute atomic E-state index is 12.8. The van der Waals surface area contributed by atoms with E-state index in [0.29, 0.717) is 43.1 Å². The monoisotopic (exact) mass is 378 g/mol. The van der Waals surface area contributed by atoms with Gasteiger partial charge in [0.15, 0.2) is 0 Å². The van der Waals surface area contributed by atoms with E-state index in [9.17, 15) is 9.59 Å². The lowest BCUT2D eigenvalue weighted by atomic mass is 9.90. The Morgan fingerprint density at radius 1 is 1.35 bits per heavy atom. The molecular formula is C20H27ClN2O3. The minimum absolute atomic E-state index is 0.000352. The molecule has 2 heterocycles. The molecule has 0 unspecified atom stereocenters. The number of hydrogen-bond donors (Lipinski definition) is 0. The minimum atomic E-state index is -0.445. The number of likely N-dealkylation sites (tertiary alicyclic amines) is 1. The van der Waals surface area contributed by atoms with Gasteiger partial charge in [-0.05, 0) is 38.0 Å². The van der Waals surface area contributed by atoms with Crippen molar-refractivity contribution >= 4 is 23.6 Å². The summed E-state index contributed by atoms with van der Waals surface area (Å²) < 4.78 is 5.77. The lowest BCUT2D eigenvalue weighted by Crippen LogP contribution is -2.49. The van der Waals surface area contributed by atoms with Gasteiger partial charge in [-0.1, -0.05) is 31.0 Å². The Morgan fingerprint density at radius 2 is 2.04 bits per heavy atom. The fraction of sp³-hybridized carbons (Fsp3) is 0.600. The van der Waals surface area contributed by atoms with Gasteiger partial charge in [0, 0.05) is 42.6 Å². The van der Waals surface area contributed by atoms with Gasteiger partial charge in [-0.25, -0.2) is 4.79 Å². The summed E-state index contributed by atoms with van der Waals surface area (Å²) in [5.41, 5.74) is 1.13. The second kappa shape index (κ2) is 7.47. The topological polar surface area (TPSA) is 49.9 Å². The Kier molecular flexibility index (Phi) is 5.47. The van der Waals surface area contributed by atoms with E-state index < -0.39 is 5.60 Å². The summed E-state index contributed by atoms with van der Waals surface area (Å²) in [5, 5.41) is 0.567. The second-order valence-corrected chi connectivity index (χ2v) is 8.00. The molecule has 3 rings (SSSR count). The zero-order valence-electron chi connectivity index (χ0n) is 15.8. The molecule has 0 N–H and O–H groups in total. The molecule has 0 aliphatic carbocycles. The van der Waals surface area contributed by atoms with Crippen LogP contribution in [0.4, 0.5) is 4.79 Å². The van der Waals surface area contributed by atoms with E-state index in [1.165, 1.54) is 0 Å². The molecule has 6 heteroatoms. The molecular weight excluding hydrogens is 352 g/mol. The number of carbonyl (C=O) groups is 2. The van der Waals surface area contributed by atoms with Crippen LogP contribution in [0.3, 0.4) is 0 Å². The lowest BCUT2D eigenvalue weighted by molar-refractivity contribution is 0.00305. The number of piperidine rings is 1. The molecule has 142 valence electrons. The Morgan fingerprint density at radius 3 is 2.69 bits per heavy atom. The highest BCUT2D eigenvalue weighted by atomic mass is 35.5. The van der Waals surface area contributed by atoms with Gasteiger partial charge in [0.05, 0.1) is 6.54 Å². The van der Waals surface area contributed by atoms with Crippen LogP contribution in [0.25, 0.3) is 0 Å². The molecule has 1 spiro atoms. The van der Waals surface area contributed by atoms with Gasteiger partial charge in [0.1, 0.15) is 5.60 Å². The number of nitrogens with zero attached hydrogens (tertiary/aromatic N) is 2. The van der Waals surface area contributed by atoms with E-state index in [-0.39, 0.29) is 18.0 Å². The van der Waals surface area contributed by atoms with Crippen molar-refractivity contribution in [2.24, 2.45) is 0 Å². The van der Waals surface area contributed by atoms with Gasteiger partial charge >= 0.3 is 6.09 Å². The van der Waals surface area contributed by atoms with Crippen LogP contribution in [0.15, 0.2) is 18.2 Å². The standard InChI is InChI=1S/C20H27ClN2O3/c1-4-5-15(3)23-13-20(26-19(23)25)8-10-22(11-9-20)18(24)17-12-16(21)7-6-14(17)2/h6-7,12,15H,4-5,8-11,13H2,1-3H3/t15-/m1/s1. The fourth-order valence-electron chi connectivity index (χ4n) is 3.93. The predicted octanol–water partition coefficient (Wildman–Crippen LogP) is 4.26. The first-order valence-electron chi connectivity index (χ1n) is 9.40. The van der Waals surface area contributed by atoms with Crippen molar-refractivity contribution in [3.63, 3.8) is 0 Å². The van der Waals surface area contributed by atoms with E-state index in [2.05, 4.69) is 13.8 Å². The highest BCUT2D eigenvalue weighted by Gasteiger charge is 2.48. The predicted molar refractivity (Wildman–Crippen MR) is 102 cm³/mol. The van der Waals surface area contributed by atoms with E-state index in [0.717, 1.165) is 18.4 Å². The lowest BCUT2D eigenvalue weighted by Gasteiger charge is -2.37. The Balaban J connectivity index is 1.65. The number of rotatable bonds is 4. The summed E-state index contributed by atoms with van der Waals surface area (Å²) in [7, 11) is 0. The highest BCUT2D eigenvalue weighted by Crippen LogP contribution is 2.35. The molecule has 0 radical (unpaired) electrons. The van der Waals surface area contributed by atoms with Gasteiger partial charge in [-0.2, -0.15) is 0 Å². The zero-order chi connectivity index (χ0) is 18.9. The van der Waals surface area contributed by atoms with Crippen LogP contribution in [0.1, 0.15) is 55.5 Å². The second-order valence-electron chi connectivity index (χ2n) is 7.57. The third-order valence-corrected chi connectivity index (χ3v) is 5.86. The molecule has 2 fully saturated rings. The number of benzene rings is 1. The van der Waals surface area contributed by atoms with Crippen molar-refractivity contribution in [1.82, 2.24) is 9.80 Å². The number of hydrogen-bond acceptors (Lipinski definition) is 3. The van der Waals surface area contributed by atoms with Crippen molar-refractivity contribution in [3.8, 4) is 0 Å². The van der Waals surface area contributed by atoms with Gasteiger partial charge < -0.3 is 14.5 Å². The maximum atomic E-state index is 12.8. The van der Waals surface area contributed by atoms with Crippen molar-refractivity contribution < 1.29 is 14.3 Å². The molecule has 2 amide bonds. The number of aryl methyl sites for hydroxylation is 1. The maximum Gasteiger partial charge on any atom is 0.410 e. The molecule has 1 aromatic carbocycles. The summed E-state index contributed by atoms with van der Waals surface area (Å²) in [6.07, 6.45) is 3.17. The molecule has 2 aliphatic heterocycles. The summed E-state index contributed by atoms with van der Waals surface area (Å²) in [6.45, 7) is 7.92. The molecule has 2 aliphatic rings. The smallest absolute Gasteiger partial charge is 0.410 e. The van der Waals surface area contributed by atoms with Crippen LogP contribution in [0, 0.1) is 6.92 Å². The zero-order valence-corrected chi connectivity index (χ0v) is 16.5. The van der Waals surface area contributed by atoms with Crippen molar-refractivity contribution in [2.45, 2.75) is 58.1 Å². The minimum Gasteiger partial charge on any atom is -0.441 e. The van der Waals surface area contributed by atoms with E-state index in [1.54, 1.807) is 12.1 Å². The fourth-order valence-corrected chi connectivity index (χ4v) is 4.11. The van der Waals surface area contributed by atoms with E-state index >= 15 is 0 Å². The average molecular weight is 379 g/mol. The molecule has 0 bridgehead atoms. The molecule has 0 saturated carbocycles. The first kappa shape index (κ1) is 19.0. The SMILES string of the molecule is CCC[C@@H](C)N1CC2(CCN(C(=O)c3cc(Cl)ccc3C)CC2)OC1=O. The van der Waals surface area contributed by atoms with Crippen molar-refractivity contribution in [2.75, 3.05) is 19.6 Å². The van der Waals surface area contributed by atoms with Crippen LogP contribution in [-0.4, -0.2) is 53.1 Å².